The quantitative estimate of drug-likeness (QED) is 0.747. The molecule has 4 heteroatoms. The van der Waals surface area contributed by atoms with Gasteiger partial charge in [-0.25, -0.2) is 8.42 Å². The Morgan fingerprint density at radius 3 is 2.50 bits per heavy atom. The Morgan fingerprint density at radius 2 is 1.95 bits per heavy atom. The van der Waals surface area contributed by atoms with Crippen molar-refractivity contribution in [3.63, 3.8) is 0 Å². The molecule has 0 radical (unpaired) electrons. The van der Waals surface area contributed by atoms with Gasteiger partial charge in [-0.2, -0.15) is 0 Å². The molecule has 0 saturated heterocycles. The third-order valence-corrected chi connectivity index (χ3v) is 6.33. The Hall–Kier alpha value is -0.0900. The summed E-state index contributed by atoms with van der Waals surface area (Å²) in [5, 5.41) is 3.55. The number of sulfone groups is 1. The highest BCUT2D eigenvalue weighted by molar-refractivity contribution is 7.91. The van der Waals surface area contributed by atoms with Gasteiger partial charge >= 0.3 is 0 Å². The second-order valence-corrected chi connectivity index (χ2v) is 9.19. The SMILES string of the molecule is CCCNC(CCC1CCCC(S(C)(=O)=O)C1)C(C)C. The van der Waals surface area contributed by atoms with Gasteiger partial charge in [0.15, 0.2) is 0 Å². The average Bonchev–Trinajstić information content (AvgIpc) is 2.37. The van der Waals surface area contributed by atoms with Crippen LogP contribution in [0, 0.1) is 11.8 Å². The van der Waals surface area contributed by atoms with E-state index >= 15 is 0 Å². The van der Waals surface area contributed by atoms with Crippen molar-refractivity contribution in [2.45, 2.75) is 77.0 Å². The van der Waals surface area contributed by atoms with E-state index in [0.29, 0.717) is 17.9 Å². The maximum Gasteiger partial charge on any atom is 0.150 e. The highest BCUT2D eigenvalue weighted by Crippen LogP contribution is 2.32. The summed E-state index contributed by atoms with van der Waals surface area (Å²) in [7, 11) is -2.84. The minimum atomic E-state index is -2.84. The molecule has 1 aliphatic carbocycles. The first-order chi connectivity index (χ1) is 9.34. The summed E-state index contributed by atoms with van der Waals surface area (Å²) < 4.78 is 23.4. The molecule has 0 heterocycles. The molecule has 1 rings (SSSR count). The Morgan fingerprint density at radius 1 is 1.25 bits per heavy atom. The second-order valence-electron chi connectivity index (χ2n) is 6.87. The summed E-state index contributed by atoms with van der Waals surface area (Å²) in [4.78, 5) is 0. The zero-order valence-corrected chi connectivity index (χ0v) is 14.5. The van der Waals surface area contributed by atoms with Gasteiger partial charge in [-0.1, -0.05) is 33.6 Å². The second kappa shape index (κ2) is 8.38. The molecule has 0 aromatic rings. The minimum absolute atomic E-state index is 0.0812. The number of hydrogen-bond donors (Lipinski definition) is 1. The van der Waals surface area contributed by atoms with Crippen molar-refractivity contribution in [1.29, 1.82) is 0 Å². The van der Waals surface area contributed by atoms with E-state index in [1.165, 1.54) is 31.9 Å². The molecular weight excluding hydrogens is 270 g/mol. The molecule has 1 fully saturated rings. The van der Waals surface area contributed by atoms with Crippen LogP contribution in [0.5, 0.6) is 0 Å². The van der Waals surface area contributed by atoms with Gasteiger partial charge in [0, 0.05) is 12.3 Å². The Kier molecular flexibility index (Phi) is 7.52. The molecule has 3 nitrogen and oxygen atoms in total. The molecule has 20 heavy (non-hydrogen) atoms. The van der Waals surface area contributed by atoms with Gasteiger partial charge in [0.05, 0.1) is 5.25 Å². The fraction of sp³-hybridized carbons (Fsp3) is 1.00. The van der Waals surface area contributed by atoms with E-state index in [-0.39, 0.29) is 5.25 Å². The first-order valence-electron chi connectivity index (χ1n) is 8.26. The standard InChI is InChI=1S/C16H33NO2S/c1-5-11-17-16(13(2)3)10-9-14-7-6-8-15(12-14)20(4,18)19/h13-17H,5-12H2,1-4H3. The number of nitrogens with one attached hydrogen (secondary N) is 1. The lowest BCUT2D eigenvalue weighted by molar-refractivity contribution is 0.291. The first-order valence-corrected chi connectivity index (χ1v) is 10.2. The molecule has 0 amide bonds. The summed E-state index contributed by atoms with van der Waals surface area (Å²) in [5.74, 6) is 1.25. The van der Waals surface area contributed by atoms with Crippen LogP contribution >= 0.6 is 0 Å². The van der Waals surface area contributed by atoms with Crippen molar-refractivity contribution in [1.82, 2.24) is 5.32 Å². The van der Waals surface area contributed by atoms with Crippen molar-refractivity contribution in [2.75, 3.05) is 12.8 Å². The molecule has 120 valence electrons. The lowest BCUT2D eigenvalue weighted by atomic mass is 9.83. The molecule has 0 aromatic carbocycles. The lowest BCUT2D eigenvalue weighted by Crippen LogP contribution is -2.35. The monoisotopic (exact) mass is 303 g/mol. The molecule has 3 atom stereocenters. The van der Waals surface area contributed by atoms with Crippen LogP contribution in [0.3, 0.4) is 0 Å². The molecule has 0 aromatic heterocycles. The van der Waals surface area contributed by atoms with Crippen molar-refractivity contribution in [3.05, 3.63) is 0 Å². The molecule has 3 unspecified atom stereocenters. The zero-order chi connectivity index (χ0) is 15.2. The summed E-state index contributed by atoms with van der Waals surface area (Å²) >= 11 is 0. The molecule has 0 bridgehead atoms. The Balaban J connectivity index is 2.43. The van der Waals surface area contributed by atoms with Crippen LogP contribution in [0.1, 0.15) is 65.7 Å². The van der Waals surface area contributed by atoms with Gasteiger partial charge in [0.1, 0.15) is 9.84 Å². The van der Waals surface area contributed by atoms with E-state index in [9.17, 15) is 8.42 Å². The lowest BCUT2D eigenvalue weighted by Gasteiger charge is -2.30. The van der Waals surface area contributed by atoms with Crippen molar-refractivity contribution < 1.29 is 8.42 Å². The maximum absolute atomic E-state index is 11.7. The highest BCUT2D eigenvalue weighted by atomic mass is 32.2. The molecule has 0 aliphatic heterocycles. The van der Waals surface area contributed by atoms with Crippen LogP contribution in [0.15, 0.2) is 0 Å². The maximum atomic E-state index is 11.7. The van der Waals surface area contributed by atoms with E-state index in [4.69, 9.17) is 0 Å². The smallest absolute Gasteiger partial charge is 0.150 e. The summed E-state index contributed by atoms with van der Waals surface area (Å²) in [6, 6.07) is 0.577. The van der Waals surface area contributed by atoms with Gasteiger partial charge in [-0.05, 0) is 50.5 Å². The van der Waals surface area contributed by atoms with Crippen LogP contribution in [0.4, 0.5) is 0 Å². The normalized spacial score (nSPS) is 25.9. The van der Waals surface area contributed by atoms with Gasteiger partial charge in [-0.3, -0.25) is 0 Å². The Bertz CT molecular complexity index is 365. The summed E-state index contributed by atoms with van der Waals surface area (Å²) in [6.07, 6.45) is 8.98. The van der Waals surface area contributed by atoms with Crippen LogP contribution in [0.2, 0.25) is 0 Å². The van der Waals surface area contributed by atoms with Gasteiger partial charge in [0.25, 0.3) is 0 Å². The van der Waals surface area contributed by atoms with Crippen LogP contribution in [-0.4, -0.2) is 32.5 Å². The fourth-order valence-electron chi connectivity index (χ4n) is 3.31. The van der Waals surface area contributed by atoms with E-state index in [1.54, 1.807) is 0 Å². The van der Waals surface area contributed by atoms with Crippen LogP contribution in [-0.2, 0) is 9.84 Å². The molecule has 0 spiro atoms. The van der Waals surface area contributed by atoms with E-state index < -0.39 is 9.84 Å². The van der Waals surface area contributed by atoms with Gasteiger partial charge < -0.3 is 5.32 Å². The Labute approximate surface area is 125 Å². The predicted molar refractivity (Wildman–Crippen MR) is 86.7 cm³/mol. The van der Waals surface area contributed by atoms with E-state index in [1.807, 2.05) is 0 Å². The average molecular weight is 304 g/mol. The largest absolute Gasteiger partial charge is 0.314 e. The van der Waals surface area contributed by atoms with Crippen molar-refractivity contribution >= 4 is 9.84 Å². The minimum Gasteiger partial charge on any atom is -0.314 e. The fourth-order valence-corrected chi connectivity index (χ4v) is 4.53. The molecule has 1 saturated carbocycles. The highest BCUT2D eigenvalue weighted by Gasteiger charge is 2.29. The molecule has 1 N–H and O–H groups in total. The molecular formula is C16H33NO2S. The van der Waals surface area contributed by atoms with Crippen LogP contribution < -0.4 is 5.32 Å². The third kappa shape index (κ3) is 6.13. The zero-order valence-electron chi connectivity index (χ0n) is 13.7. The van der Waals surface area contributed by atoms with Crippen molar-refractivity contribution in [3.8, 4) is 0 Å². The number of hydrogen-bond acceptors (Lipinski definition) is 3. The first kappa shape index (κ1) is 18.0. The third-order valence-electron chi connectivity index (χ3n) is 4.69. The predicted octanol–water partition coefficient (Wildman–Crippen LogP) is 3.39. The van der Waals surface area contributed by atoms with Crippen LogP contribution in [0.25, 0.3) is 0 Å². The van der Waals surface area contributed by atoms with E-state index in [2.05, 4.69) is 26.1 Å². The summed E-state index contributed by atoms with van der Waals surface area (Å²) in [6.45, 7) is 7.82. The molecule has 1 aliphatic rings. The van der Waals surface area contributed by atoms with Gasteiger partial charge in [0.2, 0.25) is 0 Å². The number of rotatable bonds is 8. The summed E-state index contributed by atoms with van der Waals surface area (Å²) in [5.41, 5.74) is 0. The van der Waals surface area contributed by atoms with Crippen molar-refractivity contribution in [2.24, 2.45) is 11.8 Å². The van der Waals surface area contributed by atoms with Gasteiger partial charge in [-0.15, -0.1) is 0 Å². The van der Waals surface area contributed by atoms with E-state index in [0.717, 1.165) is 25.8 Å². The topological polar surface area (TPSA) is 46.2 Å².